The van der Waals surface area contributed by atoms with Crippen LogP contribution < -0.4 is 5.32 Å². The van der Waals surface area contributed by atoms with Gasteiger partial charge >= 0.3 is 6.09 Å². The number of fused-ring (bicyclic) bond motifs is 1. The Morgan fingerprint density at radius 2 is 1.72 bits per heavy atom. The van der Waals surface area contributed by atoms with Crippen molar-refractivity contribution in [2.24, 2.45) is 0 Å². The van der Waals surface area contributed by atoms with Gasteiger partial charge in [0.2, 0.25) is 0 Å². The number of benzene rings is 2. The lowest BCUT2D eigenvalue weighted by atomic mass is 10.2. The number of hydrogen-bond donors (Lipinski definition) is 1. The Morgan fingerprint density at radius 3 is 2.31 bits per heavy atom. The Kier molecular flexibility index (Phi) is 5.60. The molecule has 0 spiro atoms. The largest absolute Gasteiger partial charge is 0.444 e. The summed E-state index contributed by atoms with van der Waals surface area (Å²) in [5.41, 5.74) is 0.707. The second-order valence-electron chi connectivity index (χ2n) is 7.54. The maximum Gasteiger partial charge on any atom is 0.412 e. The van der Waals surface area contributed by atoms with E-state index in [9.17, 15) is 13.2 Å². The number of aryl methyl sites for hydroxylation is 1. The van der Waals surface area contributed by atoms with Crippen LogP contribution in [0.4, 0.5) is 10.5 Å². The van der Waals surface area contributed by atoms with E-state index in [2.05, 4.69) is 5.32 Å². The van der Waals surface area contributed by atoms with Crippen LogP contribution >= 0.6 is 23.2 Å². The Hall–Kier alpha value is -2.22. The van der Waals surface area contributed by atoms with Gasteiger partial charge < -0.3 is 4.74 Å². The van der Waals surface area contributed by atoms with E-state index < -0.39 is 21.7 Å². The van der Waals surface area contributed by atoms with Gasteiger partial charge in [-0.15, -0.1) is 0 Å². The van der Waals surface area contributed by atoms with Crippen molar-refractivity contribution in [3.05, 3.63) is 58.2 Å². The molecule has 3 aromatic rings. The van der Waals surface area contributed by atoms with Crippen molar-refractivity contribution in [1.82, 2.24) is 3.97 Å². The van der Waals surface area contributed by atoms with Crippen LogP contribution in [0.15, 0.2) is 47.5 Å². The third kappa shape index (κ3) is 4.37. The number of ether oxygens (including phenoxy) is 1. The van der Waals surface area contributed by atoms with Crippen LogP contribution in [-0.2, 0) is 14.8 Å². The normalized spacial score (nSPS) is 12.2. The van der Waals surface area contributed by atoms with Crippen molar-refractivity contribution in [2.45, 2.75) is 38.2 Å². The first-order valence-corrected chi connectivity index (χ1v) is 10.9. The molecule has 3 rings (SSSR count). The van der Waals surface area contributed by atoms with Gasteiger partial charge in [0, 0.05) is 11.6 Å². The molecule has 0 aliphatic carbocycles. The lowest BCUT2D eigenvalue weighted by Crippen LogP contribution is -2.27. The average molecular weight is 455 g/mol. The van der Waals surface area contributed by atoms with Crippen molar-refractivity contribution in [3.63, 3.8) is 0 Å². The van der Waals surface area contributed by atoms with Crippen LogP contribution in [0.3, 0.4) is 0 Å². The van der Waals surface area contributed by atoms with Crippen LogP contribution in [0.5, 0.6) is 0 Å². The molecule has 9 heteroatoms. The van der Waals surface area contributed by atoms with Gasteiger partial charge in [0.25, 0.3) is 10.0 Å². The molecule has 0 bridgehead atoms. The molecule has 154 valence electrons. The van der Waals surface area contributed by atoms with E-state index in [4.69, 9.17) is 27.9 Å². The van der Waals surface area contributed by atoms with E-state index >= 15 is 0 Å². The van der Waals surface area contributed by atoms with E-state index in [1.54, 1.807) is 39.0 Å². The second kappa shape index (κ2) is 7.55. The van der Waals surface area contributed by atoms with Crippen molar-refractivity contribution < 1.29 is 17.9 Å². The molecule has 1 heterocycles. The molecule has 1 aromatic heterocycles. The molecule has 29 heavy (non-hydrogen) atoms. The molecule has 0 atom stereocenters. The third-order valence-corrected chi connectivity index (χ3v) is 6.51. The molecule has 0 saturated heterocycles. The minimum atomic E-state index is -3.92. The van der Waals surface area contributed by atoms with Gasteiger partial charge in [-0.3, -0.25) is 5.32 Å². The topological polar surface area (TPSA) is 77.4 Å². The summed E-state index contributed by atoms with van der Waals surface area (Å²) in [5, 5.41) is 3.19. The number of anilines is 1. The van der Waals surface area contributed by atoms with Gasteiger partial charge in [0.1, 0.15) is 5.60 Å². The monoisotopic (exact) mass is 454 g/mol. The fourth-order valence-corrected chi connectivity index (χ4v) is 4.62. The quantitative estimate of drug-likeness (QED) is 0.538. The zero-order chi connectivity index (χ0) is 21.6. The van der Waals surface area contributed by atoms with Crippen molar-refractivity contribution in [1.29, 1.82) is 0 Å². The van der Waals surface area contributed by atoms with E-state index in [1.807, 2.05) is 6.92 Å². The molecular formula is C20H20Cl2N2O4S. The first-order valence-electron chi connectivity index (χ1n) is 8.71. The van der Waals surface area contributed by atoms with Crippen LogP contribution in [0, 0.1) is 6.92 Å². The minimum Gasteiger partial charge on any atom is -0.444 e. The zero-order valence-corrected chi connectivity index (χ0v) is 18.6. The Bertz CT molecular complexity index is 1190. The van der Waals surface area contributed by atoms with Gasteiger partial charge in [-0.05, 0) is 52.0 Å². The lowest BCUT2D eigenvalue weighted by Gasteiger charge is -2.20. The molecule has 0 unspecified atom stereocenters. The second-order valence-corrected chi connectivity index (χ2v) is 10.1. The van der Waals surface area contributed by atoms with Crippen LogP contribution in [0.25, 0.3) is 10.9 Å². The summed E-state index contributed by atoms with van der Waals surface area (Å²) in [7, 11) is -3.92. The summed E-state index contributed by atoms with van der Waals surface area (Å²) in [6, 6.07) is 9.48. The summed E-state index contributed by atoms with van der Waals surface area (Å²) in [4.78, 5) is 12.3. The Morgan fingerprint density at radius 1 is 1.10 bits per heavy atom. The fraction of sp³-hybridized carbons (Fsp3) is 0.250. The SMILES string of the molecule is Cc1ccc(S(=O)(=O)n2ccc3c(NC(=O)OC(C)(C)C)cc(Cl)c(Cl)c32)cc1. The number of carbonyl (C=O) groups is 1. The molecule has 0 saturated carbocycles. The average Bonchev–Trinajstić information content (AvgIpc) is 3.04. The standard InChI is InChI=1S/C20H20Cl2N2O4S/c1-12-5-7-13(8-6-12)29(26,27)24-10-9-14-16(11-15(21)17(22)18(14)24)23-19(25)28-20(2,3)4/h5-11H,1-4H3,(H,23,25). The van der Waals surface area contributed by atoms with Crippen LogP contribution in [0.2, 0.25) is 10.0 Å². The predicted octanol–water partition coefficient (Wildman–Crippen LogP) is 5.84. The maximum atomic E-state index is 13.2. The van der Waals surface area contributed by atoms with E-state index in [-0.39, 0.29) is 20.5 Å². The Balaban J connectivity index is 2.14. The molecule has 2 aromatic carbocycles. The van der Waals surface area contributed by atoms with Crippen LogP contribution in [0.1, 0.15) is 26.3 Å². The van der Waals surface area contributed by atoms with E-state index in [0.717, 1.165) is 9.54 Å². The molecule has 0 radical (unpaired) electrons. The summed E-state index contributed by atoms with van der Waals surface area (Å²) in [6.45, 7) is 7.08. The smallest absolute Gasteiger partial charge is 0.412 e. The number of carbonyl (C=O) groups excluding carboxylic acids is 1. The highest BCUT2D eigenvalue weighted by molar-refractivity contribution is 7.90. The number of nitrogens with one attached hydrogen (secondary N) is 1. The first-order chi connectivity index (χ1) is 13.4. The fourth-order valence-electron chi connectivity index (χ4n) is 2.77. The minimum absolute atomic E-state index is 0.0668. The van der Waals surface area contributed by atoms with E-state index in [0.29, 0.717) is 11.1 Å². The summed E-state index contributed by atoms with van der Waals surface area (Å²) in [5.74, 6) is 0. The van der Waals surface area contributed by atoms with E-state index in [1.165, 1.54) is 24.4 Å². The van der Waals surface area contributed by atoms with Crippen molar-refractivity contribution in [3.8, 4) is 0 Å². The molecule has 6 nitrogen and oxygen atoms in total. The van der Waals surface area contributed by atoms with Crippen LogP contribution in [-0.4, -0.2) is 24.1 Å². The van der Waals surface area contributed by atoms with Crippen molar-refractivity contribution in [2.75, 3.05) is 5.32 Å². The molecule has 0 fully saturated rings. The number of hydrogen-bond acceptors (Lipinski definition) is 4. The Labute approximate surface area is 179 Å². The summed E-state index contributed by atoms with van der Waals surface area (Å²) >= 11 is 12.6. The zero-order valence-electron chi connectivity index (χ0n) is 16.3. The number of nitrogens with zero attached hydrogens (tertiary/aromatic N) is 1. The summed E-state index contributed by atoms with van der Waals surface area (Å²) < 4.78 is 32.6. The molecule has 1 N–H and O–H groups in total. The van der Waals surface area contributed by atoms with Crippen molar-refractivity contribution >= 4 is 55.9 Å². The number of halogens is 2. The summed E-state index contributed by atoms with van der Waals surface area (Å²) in [6.07, 6.45) is 0.689. The molecule has 1 amide bonds. The highest BCUT2D eigenvalue weighted by atomic mass is 35.5. The molecule has 0 aliphatic rings. The van der Waals surface area contributed by atoms with Gasteiger partial charge in [-0.1, -0.05) is 40.9 Å². The highest BCUT2D eigenvalue weighted by Gasteiger charge is 2.24. The van der Waals surface area contributed by atoms with Gasteiger partial charge in [0.05, 0.1) is 26.1 Å². The third-order valence-electron chi connectivity index (χ3n) is 4.04. The highest BCUT2D eigenvalue weighted by Crippen LogP contribution is 2.38. The molecular weight excluding hydrogens is 435 g/mol. The number of rotatable bonds is 3. The van der Waals surface area contributed by atoms with Gasteiger partial charge in [0.15, 0.2) is 0 Å². The number of amides is 1. The maximum absolute atomic E-state index is 13.2. The lowest BCUT2D eigenvalue weighted by molar-refractivity contribution is 0.0636. The number of aromatic nitrogens is 1. The first kappa shape index (κ1) is 21.5. The predicted molar refractivity (Wildman–Crippen MR) is 116 cm³/mol. The molecule has 0 aliphatic heterocycles. The van der Waals surface area contributed by atoms with Gasteiger partial charge in [-0.2, -0.15) is 0 Å². The van der Waals surface area contributed by atoms with Gasteiger partial charge in [-0.25, -0.2) is 17.2 Å².